The van der Waals surface area contributed by atoms with Crippen molar-refractivity contribution in [3.8, 4) is 0 Å². The molecular formula is C9H15N3O2. The summed E-state index contributed by atoms with van der Waals surface area (Å²) >= 11 is 0. The summed E-state index contributed by atoms with van der Waals surface area (Å²) in [6.07, 6.45) is 3.97. The number of nitrogens with zero attached hydrogens (tertiary/aromatic N) is 3. The maximum Gasteiger partial charge on any atom is 0.168 e. The Balaban J connectivity index is 1.82. The second kappa shape index (κ2) is 4.17. The molecule has 0 radical (unpaired) electrons. The molecule has 5 heteroatoms. The van der Waals surface area contributed by atoms with Crippen LogP contribution >= 0.6 is 0 Å². The van der Waals surface area contributed by atoms with E-state index in [0.717, 1.165) is 38.9 Å². The van der Waals surface area contributed by atoms with Gasteiger partial charge in [0, 0.05) is 24.3 Å². The lowest BCUT2D eigenvalue weighted by atomic mass is 9.85. The van der Waals surface area contributed by atoms with Crippen molar-refractivity contribution in [3.05, 3.63) is 10.4 Å². The van der Waals surface area contributed by atoms with E-state index in [2.05, 4.69) is 10.0 Å². The molecule has 1 aliphatic heterocycles. The second-order valence-corrected chi connectivity index (χ2v) is 3.96. The zero-order chi connectivity index (χ0) is 9.86. The molecule has 1 saturated carbocycles. The normalized spacial score (nSPS) is 26.3. The van der Waals surface area contributed by atoms with E-state index in [1.165, 1.54) is 0 Å². The molecule has 0 unspecified atom stereocenters. The van der Waals surface area contributed by atoms with Crippen molar-refractivity contribution in [1.82, 2.24) is 0 Å². The van der Waals surface area contributed by atoms with Crippen LogP contribution in [0.4, 0.5) is 0 Å². The van der Waals surface area contributed by atoms with Gasteiger partial charge in [-0.3, -0.25) is 0 Å². The topological polar surface area (TPSA) is 67.2 Å². The minimum absolute atomic E-state index is 0.285. The van der Waals surface area contributed by atoms with Gasteiger partial charge in [0.05, 0.1) is 13.2 Å². The minimum Gasteiger partial charge on any atom is -0.348 e. The van der Waals surface area contributed by atoms with Gasteiger partial charge < -0.3 is 9.47 Å². The zero-order valence-corrected chi connectivity index (χ0v) is 8.19. The largest absolute Gasteiger partial charge is 0.348 e. The van der Waals surface area contributed by atoms with Gasteiger partial charge in [0.25, 0.3) is 0 Å². The summed E-state index contributed by atoms with van der Waals surface area (Å²) in [6, 6.07) is 0. The first kappa shape index (κ1) is 9.77. The Kier molecular flexibility index (Phi) is 2.91. The van der Waals surface area contributed by atoms with Crippen LogP contribution in [-0.2, 0) is 9.47 Å². The van der Waals surface area contributed by atoms with E-state index in [4.69, 9.17) is 15.0 Å². The van der Waals surface area contributed by atoms with Crippen LogP contribution in [0.25, 0.3) is 10.4 Å². The van der Waals surface area contributed by atoms with Gasteiger partial charge in [-0.2, -0.15) is 0 Å². The van der Waals surface area contributed by atoms with Crippen molar-refractivity contribution >= 4 is 0 Å². The van der Waals surface area contributed by atoms with E-state index in [1.54, 1.807) is 0 Å². The highest BCUT2D eigenvalue weighted by Gasteiger charge is 2.39. The molecule has 14 heavy (non-hydrogen) atoms. The fraction of sp³-hybridized carbons (Fsp3) is 1.00. The molecule has 1 heterocycles. The number of hydrogen-bond donors (Lipinski definition) is 0. The number of rotatable bonds is 2. The van der Waals surface area contributed by atoms with E-state index >= 15 is 0 Å². The third-order valence-electron chi connectivity index (χ3n) is 3.08. The molecule has 78 valence electrons. The average molecular weight is 197 g/mol. The predicted octanol–water partition coefficient (Wildman–Crippen LogP) is 2.23. The molecule has 0 bridgehead atoms. The molecule has 1 aliphatic carbocycles. The maximum atomic E-state index is 8.21. The Morgan fingerprint density at radius 1 is 1.29 bits per heavy atom. The van der Waals surface area contributed by atoms with Crippen LogP contribution in [0.1, 0.15) is 25.7 Å². The van der Waals surface area contributed by atoms with Crippen LogP contribution in [-0.4, -0.2) is 25.5 Å². The monoisotopic (exact) mass is 197 g/mol. The highest BCUT2D eigenvalue weighted by Crippen LogP contribution is 2.38. The quantitative estimate of drug-likeness (QED) is 0.387. The third kappa shape index (κ3) is 2.00. The second-order valence-electron chi connectivity index (χ2n) is 3.96. The molecule has 5 nitrogen and oxygen atoms in total. The molecule has 2 aliphatic rings. The van der Waals surface area contributed by atoms with Crippen molar-refractivity contribution in [2.75, 3.05) is 19.8 Å². The van der Waals surface area contributed by atoms with Gasteiger partial charge in [0.1, 0.15) is 0 Å². The van der Waals surface area contributed by atoms with Crippen molar-refractivity contribution in [2.24, 2.45) is 11.0 Å². The molecule has 0 atom stereocenters. The van der Waals surface area contributed by atoms with E-state index < -0.39 is 0 Å². The van der Waals surface area contributed by atoms with Crippen molar-refractivity contribution < 1.29 is 9.47 Å². The summed E-state index contributed by atoms with van der Waals surface area (Å²) in [5.74, 6) is 0.233. The fourth-order valence-electron chi connectivity index (χ4n) is 2.24. The first-order chi connectivity index (χ1) is 6.85. The maximum absolute atomic E-state index is 8.21. The Hall–Kier alpha value is -0.770. The van der Waals surface area contributed by atoms with E-state index in [0.29, 0.717) is 12.5 Å². The molecule has 0 N–H and O–H groups in total. The first-order valence-electron chi connectivity index (χ1n) is 5.13. The molecule has 0 aromatic rings. The van der Waals surface area contributed by atoms with Gasteiger partial charge >= 0.3 is 0 Å². The summed E-state index contributed by atoms with van der Waals surface area (Å²) in [4.78, 5) is 2.78. The van der Waals surface area contributed by atoms with Gasteiger partial charge in [-0.25, -0.2) is 0 Å². The van der Waals surface area contributed by atoms with Gasteiger partial charge in [-0.05, 0) is 24.3 Å². The van der Waals surface area contributed by atoms with E-state index in [-0.39, 0.29) is 5.79 Å². The minimum atomic E-state index is -0.285. The standard InChI is InChI=1S/C9H15N3O2/c10-12-11-7-8-1-3-9(4-2-8)13-5-6-14-9/h8H,1-7H2. The molecule has 0 aromatic heterocycles. The first-order valence-corrected chi connectivity index (χ1v) is 5.13. The Bertz CT molecular complexity index is 234. The predicted molar refractivity (Wildman–Crippen MR) is 50.6 cm³/mol. The van der Waals surface area contributed by atoms with Crippen LogP contribution in [0.2, 0.25) is 0 Å². The van der Waals surface area contributed by atoms with Crippen molar-refractivity contribution in [1.29, 1.82) is 0 Å². The van der Waals surface area contributed by atoms with E-state index in [1.807, 2.05) is 0 Å². The summed E-state index contributed by atoms with van der Waals surface area (Å²) in [5, 5.41) is 3.61. The Morgan fingerprint density at radius 2 is 1.93 bits per heavy atom. The van der Waals surface area contributed by atoms with Crippen LogP contribution in [0, 0.1) is 5.92 Å². The molecule has 0 aromatic carbocycles. The number of ether oxygens (including phenoxy) is 2. The van der Waals surface area contributed by atoms with Crippen LogP contribution < -0.4 is 0 Å². The van der Waals surface area contributed by atoms with Crippen LogP contribution in [0.15, 0.2) is 5.11 Å². The SMILES string of the molecule is [N-]=[N+]=NCC1CCC2(CC1)OCCO2. The third-order valence-corrected chi connectivity index (χ3v) is 3.08. The van der Waals surface area contributed by atoms with Crippen LogP contribution in [0.3, 0.4) is 0 Å². The van der Waals surface area contributed by atoms with E-state index in [9.17, 15) is 0 Å². The zero-order valence-electron chi connectivity index (χ0n) is 8.19. The molecule has 1 spiro atoms. The van der Waals surface area contributed by atoms with Crippen molar-refractivity contribution in [3.63, 3.8) is 0 Å². The molecule has 2 rings (SSSR count). The van der Waals surface area contributed by atoms with Gasteiger partial charge in [-0.1, -0.05) is 5.11 Å². The summed E-state index contributed by atoms with van der Waals surface area (Å²) in [5.41, 5.74) is 8.21. The molecule has 0 amide bonds. The smallest absolute Gasteiger partial charge is 0.168 e. The molecular weight excluding hydrogens is 182 g/mol. The van der Waals surface area contributed by atoms with Gasteiger partial charge in [0.15, 0.2) is 5.79 Å². The average Bonchev–Trinajstić information content (AvgIpc) is 2.66. The van der Waals surface area contributed by atoms with Gasteiger partial charge in [0.2, 0.25) is 0 Å². The molecule has 1 saturated heterocycles. The summed E-state index contributed by atoms with van der Waals surface area (Å²) < 4.78 is 11.2. The Labute approximate surface area is 83.0 Å². The highest BCUT2D eigenvalue weighted by atomic mass is 16.7. The van der Waals surface area contributed by atoms with Crippen molar-refractivity contribution in [2.45, 2.75) is 31.5 Å². The summed E-state index contributed by atoms with van der Waals surface area (Å²) in [6.45, 7) is 2.06. The summed E-state index contributed by atoms with van der Waals surface area (Å²) in [7, 11) is 0. The number of azide groups is 1. The van der Waals surface area contributed by atoms with Gasteiger partial charge in [-0.15, -0.1) is 0 Å². The lowest BCUT2D eigenvalue weighted by Crippen LogP contribution is -2.35. The fourth-order valence-corrected chi connectivity index (χ4v) is 2.24. The molecule has 2 fully saturated rings. The lowest BCUT2D eigenvalue weighted by Gasteiger charge is -2.34. The highest BCUT2D eigenvalue weighted by molar-refractivity contribution is 4.83. The Morgan fingerprint density at radius 3 is 2.50 bits per heavy atom. The van der Waals surface area contributed by atoms with Crippen LogP contribution in [0.5, 0.6) is 0 Å². The lowest BCUT2D eigenvalue weighted by molar-refractivity contribution is -0.181. The number of hydrogen-bond acceptors (Lipinski definition) is 3.